The van der Waals surface area contributed by atoms with Crippen molar-refractivity contribution in [3.8, 4) is 5.88 Å². The Kier molecular flexibility index (Phi) is 7.41. The number of hydrogen-bond donors (Lipinski definition) is 1. The molecule has 2 N–H and O–H groups in total. The Balaban J connectivity index is 0.00000144. The molecule has 8 heteroatoms. The molecule has 0 aromatic carbocycles. The number of pyridine rings is 2. The maximum absolute atomic E-state index is 11.6. The summed E-state index contributed by atoms with van der Waals surface area (Å²) in [6.45, 7) is 1.31. The summed E-state index contributed by atoms with van der Waals surface area (Å²) in [4.78, 5) is 22.3. The standard InChI is InChI=1S/C16H18N4O2.2ClH/c1-22-14-3-2-13-16(19-14)12(4-7-18-13)11-5-8-20(9-6-11)15(21)10-17;;/h2-5,7H,6,8-10,17H2,1H3;2*1H. The minimum Gasteiger partial charge on any atom is -0.481 e. The van der Waals surface area contributed by atoms with Crippen LogP contribution in [-0.4, -0.2) is 47.5 Å². The van der Waals surface area contributed by atoms with E-state index in [9.17, 15) is 4.79 Å². The van der Waals surface area contributed by atoms with Crippen LogP contribution in [0.3, 0.4) is 0 Å². The lowest BCUT2D eigenvalue weighted by atomic mass is 9.98. The van der Waals surface area contributed by atoms with Crippen molar-refractivity contribution in [2.24, 2.45) is 5.73 Å². The van der Waals surface area contributed by atoms with Crippen molar-refractivity contribution in [1.82, 2.24) is 14.9 Å². The second-order valence-corrected chi connectivity index (χ2v) is 5.10. The summed E-state index contributed by atoms with van der Waals surface area (Å²) in [5, 5.41) is 0. The van der Waals surface area contributed by atoms with Crippen molar-refractivity contribution in [3.05, 3.63) is 36.0 Å². The van der Waals surface area contributed by atoms with Crippen molar-refractivity contribution in [2.45, 2.75) is 6.42 Å². The van der Waals surface area contributed by atoms with Crippen LogP contribution < -0.4 is 10.5 Å². The zero-order chi connectivity index (χ0) is 15.5. The van der Waals surface area contributed by atoms with Crippen molar-refractivity contribution in [1.29, 1.82) is 0 Å². The normalized spacial score (nSPS) is 13.6. The fraction of sp³-hybridized carbons (Fsp3) is 0.312. The maximum atomic E-state index is 11.6. The van der Waals surface area contributed by atoms with Crippen molar-refractivity contribution >= 4 is 47.3 Å². The number of nitrogens with zero attached hydrogens (tertiary/aromatic N) is 3. The van der Waals surface area contributed by atoms with Gasteiger partial charge >= 0.3 is 0 Å². The van der Waals surface area contributed by atoms with E-state index in [0.717, 1.165) is 23.0 Å². The zero-order valence-electron chi connectivity index (χ0n) is 13.3. The molecule has 0 saturated heterocycles. The van der Waals surface area contributed by atoms with Crippen LogP contribution in [0.5, 0.6) is 5.88 Å². The second-order valence-electron chi connectivity index (χ2n) is 5.10. The van der Waals surface area contributed by atoms with Crippen LogP contribution in [0.4, 0.5) is 0 Å². The molecule has 0 fully saturated rings. The first-order valence-corrected chi connectivity index (χ1v) is 7.20. The average molecular weight is 371 g/mol. The molecule has 0 aliphatic carbocycles. The number of amides is 1. The Labute approximate surface area is 152 Å². The lowest BCUT2D eigenvalue weighted by molar-refractivity contribution is -0.129. The molecule has 0 saturated carbocycles. The van der Waals surface area contributed by atoms with Gasteiger partial charge in [-0.05, 0) is 24.1 Å². The summed E-state index contributed by atoms with van der Waals surface area (Å²) >= 11 is 0. The van der Waals surface area contributed by atoms with Gasteiger partial charge in [0.05, 0.1) is 19.2 Å². The third-order valence-electron chi connectivity index (χ3n) is 3.85. The van der Waals surface area contributed by atoms with E-state index >= 15 is 0 Å². The highest BCUT2D eigenvalue weighted by molar-refractivity contribution is 5.89. The number of carbonyl (C=O) groups excluding carboxylic acids is 1. The van der Waals surface area contributed by atoms with E-state index in [0.29, 0.717) is 19.0 Å². The smallest absolute Gasteiger partial charge is 0.236 e. The predicted octanol–water partition coefficient (Wildman–Crippen LogP) is 2.06. The van der Waals surface area contributed by atoms with Crippen LogP contribution in [0, 0.1) is 0 Å². The lowest BCUT2D eigenvalue weighted by Crippen LogP contribution is -2.38. The van der Waals surface area contributed by atoms with Gasteiger partial charge in [0.1, 0.15) is 5.52 Å². The van der Waals surface area contributed by atoms with E-state index in [4.69, 9.17) is 10.5 Å². The van der Waals surface area contributed by atoms with Gasteiger partial charge in [-0.2, -0.15) is 0 Å². The first-order chi connectivity index (χ1) is 10.7. The third kappa shape index (κ3) is 3.95. The summed E-state index contributed by atoms with van der Waals surface area (Å²) in [6, 6.07) is 5.66. The maximum Gasteiger partial charge on any atom is 0.236 e. The van der Waals surface area contributed by atoms with Gasteiger partial charge in [-0.25, -0.2) is 4.98 Å². The van der Waals surface area contributed by atoms with Gasteiger partial charge in [-0.3, -0.25) is 9.78 Å². The molecule has 0 spiro atoms. The van der Waals surface area contributed by atoms with Crippen LogP contribution >= 0.6 is 24.8 Å². The van der Waals surface area contributed by atoms with Crippen molar-refractivity contribution in [3.63, 3.8) is 0 Å². The van der Waals surface area contributed by atoms with E-state index < -0.39 is 0 Å². The Bertz CT molecular complexity index is 752. The van der Waals surface area contributed by atoms with Gasteiger partial charge in [0.25, 0.3) is 0 Å². The molecular weight excluding hydrogens is 351 g/mol. The molecule has 3 heterocycles. The number of aromatic nitrogens is 2. The Morgan fingerprint density at radius 3 is 2.75 bits per heavy atom. The molecule has 0 unspecified atom stereocenters. The molecule has 2 aromatic heterocycles. The fourth-order valence-corrected chi connectivity index (χ4v) is 2.65. The molecule has 3 rings (SSSR count). The van der Waals surface area contributed by atoms with Gasteiger partial charge < -0.3 is 15.4 Å². The quantitative estimate of drug-likeness (QED) is 0.893. The molecule has 0 atom stereocenters. The zero-order valence-corrected chi connectivity index (χ0v) is 14.9. The number of fused-ring (bicyclic) bond motifs is 1. The summed E-state index contributed by atoms with van der Waals surface area (Å²) in [6.07, 6.45) is 4.63. The predicted molar refractivity (Wildman–Crippen MR) is 98.8 cm³/mol. The van der Waals surface area contributed by atoms with Gasteiger partial charge in [-0.1, -0.05) is 6.08 Å². The van der Waals surface area contributed by atoms with Crippen LogP contribution in [0.15, 0.2) is 30.5 Å². The topological polar surface area (TPSA) is 81.3 Å². The van der Waals surface area contributed by atoms with E-state index in [1.165, 1.54) is 5.57 Å². The first-order valence-electron chi connectivity index (χ1n) is 7.20. The van der Waals surface area contributed by atoms with Crippen molar-refractivity contribution < 1.29 is 9.53 Å². The van der Waals surface area contributed by atoms with Gasteiger partial charge in [0.15, 0.2) is 0 Å². The molecular formula is C16H20Cl2N4O2. The molecule has 2 aromatic rings. The minimum atomic E-state index is -0.0188. The fourth-order valence-electron chi connectivity index (χ4n) is 2.65. The third-order valence-corrected chi connectivity index (χ3v) is 3.85. The highest BCUT2D eigenvalue weighted by Gasteiger charge is 2.18. The van der Waals surface area contributed by atoms with Gasteiger partial charge in [-0.15, -0.1) is 24.8 Å². The van der Waals surface area contributed by atoms with E-state index in [1.807, 2.05) is 12.1 Å². The number of nitrogens with two attached hydrogens (primary N) is 1. The Hall–Kier alpha value is -1.89. The number of ether oxygens (including phenoxy) is 1. The summed E-state index contributed by atoms with van der Waals surface area (Å²) in [5.74, 6) is 0.549. The minimum absolute atomic E-state index is 0. The van der Waals surface area contributed by atoms with Gasteiger partial charge in [0, 0.05) is 30.9 Å². The number of methoxy groups -OCH3 is 1. The molecule has 24 heavy (non-hydrogen) atoms. The molecule has 1 amide bonds. The molecule has 1 aliphatic rings. The molecule has 6 nitrogen and oxygen atoms in total. The molecule has 130 valence electrons. The van der Waals surface area contributed by atoms with Gasteiger partial charge in [0.2, 0.25) is 11.8 Å². The molecule has 1 aliphatic heterocycles. The summed E-state index contributed by atoms with van der Waals surface area (Å²) in [5.41, 5.74) is 9.29. The second kappa shape index (κ2) is 8.82. The number of halogens is 2. The SMILES string of the molecule is COc1ccc2nccc(C3=CCN(C(=O)CN)CC3)c2n1.Cl.Cl. The van der Waals surface area contributed by atoms with Crippen LogP contribution in [0.2, 0.25) is 0 Å². The molecule has 0 bridgehead atoms. The van der Waals surface area contributed by atoms with E-state index in [-0.39, 0.29) is 37.3 Å². The van der Waals surface area contributed by atoms with E-state index in [1.54, 1.807) is 24.3 Å². The number of carbonyl (C=O) groups is 1. The monoisotopic (exact) mass is 370 g/mol. The van der Waals surface area contributed by atoms with Crippen LogP contribution in [0.25, 0.3) is 16.6 Å². The summed E-state index contributed by atoms with van der Waals surface area (Å²) in [7, 11) is 1.60. The lowest BCUT2D eigenvalue weighted by Gasteiger charge is -2.26. The Morgan fingerprint density at radius 1 is 1.33 bits per heavy atom. The highest BCUT2D eigenvalue weighted by Crippen LogP contribution is 2.28. The van der Waals surface area contributed by atoms with Crippen molar-refractivity contribution in [2.75, 3.05) is 26.7 Å². The molecule has 0 radical (unpaired) electrons. The first kappa shape index (κ1) is 20.2. The Morgan fingerprint density at radius 2 is 2.12 bits per heavy atom. The summed E-state index contributed by atoms with van der Waals surface area (Å²) < 4.78 is 5.20. The average Bonchev–Trinajstić information content (AvgIpc) is 2.60. The van der Waals surface area contributed by atoms with Crippen LogP contribution in [0.1, 0.15) is 12.0 Å². The highest BCUT2D eigenvalue weighted by atomic mass is 35.5. The largest absolute Gasteiger partial charge is 0.481 e. The van der Waals surface area contributed by atoms with Crippen LogP contribution in [-0.2, 0) is 4.79 Å². The van der Waals surface area contributed by atoms with E-state index in [2.05, 4.69) is 16.0 Å². The number of hydrogen-bond acceptors (Lipinski definition) is 5. The number of rotatable bonds is 3.